The first-order valence-electron chi connectivity index (χ1n) is 12.9. The maximum atomic E-state index is 12.2. The van der Waals surface area contributed by atoms with E-state index in [2.05, 4.69) is 51.4 Å². The van der Waals surface area contributed by atoms with Crippen molar-refractivity contribution >= 4 is 28.9 Å². The molecule has 1 amide bonds. The molecule has 1 aliphatic carbocycles. The number of aromatic nitrogens is 2. The van der Waals surface area contributed by atoms with Crippen molar-refractivity contribution in [3.63, 3.8) is 0 Å². The Bertz CT molecular complexity index is 996. The lowest BCUT2D eigenvalue weighted by Crippen LogP contribution is -2.48. The monoisotopic (exact) mass is 481 g/mol. The molecule has 5 N–H and O–H groups in total. The lowest BCUT2D eigenvalue weighted by atomic mass is 9.93. The topological polar surface area (TPSA) is 120 Å². The van der Waals surface area contributed by atoms with Crippen molar-refractivity contribution in [2.24, 2.45) is 5.73 Å². The predicted octanol–water partition coefficient (Wildman–Crippen LogP) is 3.13. The van der Waals surface area contributed by atoms with Crippen LogP contribution in [0.15, 0.2) is 24.3 Å². The first-order valence-corrected chi connectivity index (χ1v) is 12.9. The van der Waals surface area contributed by atoms with E-state index in [0.29, 0.717) is 29.8 Å². The van der Waals surface area contributed by atoms with Gasteiger partial charge in [0.25, 0.3) is 5.91 Å². The molecule has 1 saturated carbocycles. The van der Waals surface area contributed by atoms with Gasteiger partial charge in [0.05, 0.1) is 11.8 Å². The van der Waals surface area contributed by atoms with Crippen molar-refractivity contribution in [1.82, 2.24) is 14.9 Å². The van der Waals surface area contributed by atoms with Crippen LogP contribution in [0, 0.1) is 0 Å². The first-order chi connectivity index (χ1) is 16.8. The second-order valence-electron chi connectivity index (χ2n) is 9.87. The second kappa shape index (κ2) is 11.2. The highest BCUT2D eigenvalue weighted by Gasteiger charge is 2.23. The lowest BCUT2D eigenvalue weighted by molar-refractivity contribution is 0.0996. The molecule has 0 unspecified atom stereocenters. The van der Waals surface area contributed by atoms with Gasteiger partial charge in [-0.2, -0.15) is 0 Å². The molecule has 2 aliphatic rings. The van der Waals surface area contributed by atoms with E-state index < -0.39 is 5.91 Å². The molecule has 1 saturated heterocycles. The van der Waals surface area contributed by atoms with Gasteiger partial charge in [0.1, 0.15) is 5.82 Å². The zero-order valence-corrected chi connectivity index (χ0v) is 21.1. The quantitative estimate of drug-likeness (QED) is 0.454. The molecule has 0 spiro atoms. The van der Waals surface area contributed by atoms with Crippen LogP contribution in [0.1, 0.15) is 62.6 Å². The van der Waals surface area contributed by atoms with Gasteiger partial charge in [-0.3, -0.25) is 9.69 Å². The number of aliphatic hydroxyl groups is 1. The smallest absolute Gasteiger partial charge is 0.271 e. The highest BCUT2D eigenvalue weighted by Crippen LogP contribution is 2.27. The molecular formula is C26H39N7O2. The highest BCUT2D eigenvalue weighted by molar-refractivity contribution is 5.96. The summed E-state index contributed by atoms with van der Waals surface area (Å²) in [4.78, 5) is 26.4. The van der Waals surface area contributed by atoms with Crippen LogP contribution >= 0.6 is 0 Å². The van der Waals surface area contributed by atoms with Crippen LogP contribution in [0.3, 0.4) is 0 Å². The minimum atomic E-state index is -0.610. The molecule has 9 nitrogen and oxygen atoms in total. The van der Waals surface area contributed by atoms with Gasteiger partial charge in [0.2, 0.25) is 0 Å². The van der Waals surface area contributed by atoms with Gasteiger partial charge < -0.3 is 26.4 Å². The van der Waals surface area contributed by atoms with Gasteiger partial charge in [-0.15, -0.1) is 0 Å². The molecule has 2 aromatic rings. The normalized spacial score (nSPS) is 21.2. The van der Waals surface area contributed by atoms with Crippen molar-refractivity contribution in [2.75, 3.05) is 41.7 Å². The molecule has 0 bridgehead atoms. The lowest BCUT2D eigenvalue weighted by Gasteiger charge is -2.38. The van der Waals surface area contributed by atoms with E-state index in [9.17, 15) is 9.90 Å². The number of hydrogen-bond donors (Lipinski definition) is 4. The van der Waals surface area contributed by atoms with Gasteiger partial charge in [-0.05, 0) is 70.2 Å². The maximum absolute atomic E-state index is 12.2. The summed E-state index contributed by atoms with van der Waals surface area (Å²) in [6, 6.07) is 8.99. The van der Waals surface area contributed by atoms with E-state index in [0.717, 1.165) is 57.5 Å². The summed E-state index contributed by atoms with van der Waals surface area (Å²) in [5, 5.41) is 16.6. The third-order valence-corrected chi connectivity index (χ3v) is 7.11. The molecule has 0 atom stereocenters. The van der Waals surface area contributed by atoms with Crippen LogP contribution in [0.25, 0.3) is 0 Å². The van der Waals surface area contributed by atoms with Gasteiger partial charge in [0.15, 0.2) is 11.5 Å². The average molecular weight is 482 g/mol. The zero-order chi connectivity index (χ0) is 24.9. The fourth-order valence-corrected chi connectivity index (χ4v) is 4.89. The van der Waals surface area contributed by atoms with E-state index in [1.807, 2.05) is 19.1 Å². The predicted molar refractivity (Wildman–Crippen MR) is 140 cm³/mol. The second-order valence-corrected chi connectivity index (χ2v) is 9.87. The Morgan fingerprint density at radius 2 is 1.71 bits per heavy atom. The summed E-state index contributed by atoms with van der Waals surface area (Å²) in [5.41, 5.74) is 8.51. The summed E-state index contributed by atoms with van der Waals surface area (Å²) in [6.45, 7) is 10.6. The number of amides is 1. The molecule has 1 aromatic heterocycles. The van der Waals surface area contributed by atoms with E-state index in [1.54, 1.807) is 0 Å². The average Bonchev–Trinajstić information content (AvgIpc) is 2.86. The fourth-order valence-electron chi connectivity index (χ4n) is 4.89. The van der Waals surface area contributed by atoms with Crippen LogP contribution in [-0.4, -0.2) is 70.2 Å². The van der Waals surface area contributed by atoms with Crippen LogP contribution in [-0.2, 0) is 6.42 Å². The highest BCUT2D eigenvalue weighted by atomic mass is 16.3. The maximum Gasteiger partial charge on any atom is 0.271 e. The van der Waals surface area contributed by atoms with Crippen LogP contribution in [0.5, 0.6) is 0 Å². The summed E-state index contributed by atoms with van der Waals surface area (Å²) < 4.78 is 0. The zero-order valence-electron chi connectivity index (χ0n) is 21.1. The Morgan fingerprint density at radius 1 is 1.06 bits per heavy atom. The largest absolute Gasteiger partial charge is 0.393 e. The molecule has 0 radical (unpaired) electrons. The van der Waals surface area contributed by atoms with Gasteiger partial charge in [0, 0.05) is 49.6 Å². The molecule has 4 rings (SSSR count). The Morgan fingerprint density at radius 3 is 2.29 bits per heavy atom. The van der Waals surface area contributed by atoms with Gasteiger partial charge >= 0.3 is 0 Å². The van der Waals surface area contributed by atoms with Crippen molar-refractivity contribution < 1.29 is 9.90 Å². The van der Waals surface area contributed by atoms with E-state index >= 15 is 0 Å². The molecule has 35 heavy (non-hydrogen) atoms. The number of piperazine rings is 1. The Balaban J connectivity index is 1.50. The van der Waals surface area contributed by atoms with Crippen LogP contribution in [0.2, 0.25) is 0 Å². The number of hydrogen-bond acceptors (Lipinski definition) is 8. The number of aryl methyl sites for hydroxylation is 1. The molecule has 1 aromatic carbocycles. The molecule has 2 fully saturated rings. The minimum Gasteiger partial charge on any atom is -0.393 e. The van der Waals surface area contributed by atoms with E-state index in [4.69, 9.17) is 10.7 Å². The number of carbonyl (C=O) groups is 1. The molecule has 2 heterocycles. The number of nitrogens with two attached hydrogens (primary N) is 1. The fraction of sp³-hybridized carbons (Fsp3) is 0.577. The van der Waals surface area contributed by atoms with E-state index in [1.165, 1.54) is 5.69 Å². The molecular weight excluding hydrogens is 442 g/mol. The van der Waals surface area contributed by atoms with Gasteiger partial charge in [-0.1, -0.05) is 6.92 Å². The standard InChI is InChI=1S/C26H39N7O2/c1-4-22-25(28-19-7-11-21(34)12-8-19)31-26(23(30-22)24(27)35)29-18-5-9-20(10-6-18)33-15-13-32(14-16-33)17(2)3/h5-6,9-10,17,19,21,34H,4,7-8,11-16H2,1-3H3,(H2,27,35)(H2,28,29,31)/t19-,21-. The molecule has 9 heteroatoms. The number of rotatable bonds is 8. The van der Waals surface area contributed by atoms with Crippen molar-refractivity contribution in [2.45, 2.75) is 71.1 Å². The van der Waals surface area contributed by atoms with Crippen molar-refractivity contribution in [1.29, 1.82) is 0 Å². The molecule has 190 valence electrons. The van der Waals surface area contributed by atoms with Crippen LogP contribution in [0.4, 0.5) is 23.0 Å². The summed E-state index contributed by atoms with van der Waals surface area (Å²) in [7, 11) is 0. The number of nitrogens with one attached hydrogen (secondary N) is 2. The first kappa shape index (κ1) is 25.2. The van der Waals surface area contributed by atoms with Crippen molar-refractivity contribution in [3.05, 3.63) is 35.7 Å². The summed E-state index contributed by atoms with van der Waals surface area (Å²) >= 11 is 0. The number of benzene rings is 1. The number of anilines is 4. The number of aliphatic hydroxyl groups excluding tert-OH is 1. The van der Waals surface area contributed by atoms with Crippen molar-refractivity contribution in [3.8, 4) is 0 Å². The third-order valence-electron chi connectivity index (χ3n) is 7.11. The number of nitrogens with zero attached hydrogens (tertiary/aromatic N) is 4. The summed E-state index contributed by atoms with van der Waals surface area (Å²) in [6.07, 6.45) is 3.70. The minimum absolute atomic E-state index is 0.139. The SMILES string of the molecule is CCc1nc(C(N)=O)c(Nc2ccc(N3CCN(C(C)C)CC3)cc2)nc1N[C@H]1CC[C@H](O)CC1. The van der Waals surface area contributed by atoms with Gasteiger partial charge in [-0.25, -0.2) is 9.97 Å². The van der Waals surface area contributed by atoms with Crippen LogP contribution < -0.4 is 21.3 Å². The third kappa shape index (κ3) is 6.21. The molecule has 1 aliphatic heterocycles. The number of carbonyl (C=O) groups excluding carboxylic acids is 1. The van der Waals surface area contributed by atoms with E-state index in [-0.39, 0.29) is 17.8 Å². The summed E-state index contributed by atoms with van der Waals surface area (Å²) in [5.74, 6) is 0.411. The number of primary amides is 1. The Labute approximate surface area is 208 Å². The Kier molecular flexibility index (Phi) is 8.07. The Hall–Kier alpha value is -2.91.